The number of rotatable bonds is 4. The summed E-state index contributed by atoms with van der Waals surface area (Å²) in [6.45, 7) is 0. The molecule has 0 fully saturated rings. The van der Waals surface area contributed by atoms with Gasteiger partial charge in [-0.2, -0.15) is 0 Å². The van der Waals surface area contributed by atoms with Gasteiger partial charge in [-0.15, -0.1) is 10.2 Å². The van der Waals surface area contributed by atoms with Crippen LogP contribution in [-0.2, 0) is 0 Å². The summed E-state index contributed by atoms with van der Waals surface area (Å²) in [5.41, 5.74) is 1.82. The zero-order chi connectivity index (χ0) is 15.5. The van der Waals surface area contributed by atoms with E-state index in [1.807, 2.05) is 59.4 Å². The van der Waals surface area contributed by atoms with Crippen molar-refractivity contribution in [2.75, 3.05) is 13.4 Å². The van der Waals surface area contributed by atoms with Crippen LogP contribution in [0, 0.1) is 0 Å². The van der Waals surface area contributed by atoms with Gasteiger partial charge < -0.3 is 4.74 Å². The SMILES string of the molecule is COc1ccc(-n2c(SC)nnc2-c2ccccc2Cl)cc1. The lowest BCUT2D eigenvalue weighted by atomic mass is 10.2. The summed E-state index contributed by atoms with van der Waals surface area (Å²) in [7, 11) is 1.65. The summed E-state index contributed by atoms with van der Waals surface area (Å²) in [5, 5.41) is 10.0. The molecule has 1 aromatic heterocycles. The normalized spacial score (nSPS) is 10.7. The average molecular weight is 332 g/mol. The predicted molar refractivity (Wildman–Crippen MR) is 90.1 cm³/mol. The number of thioether (sulfide) groups is 1. The fourth-order valence-corrected chi connectivity index (χ4v) is 2.90. The third kappa shape index (κ3) is 2.69. The molecule has 6 heteroatoms. The predicted octanol–water partition coefficient (Wildman–Crippen LogP) is 4.32. The maximum Gasteiger partial charge on any atom is 0.195 e. The number of methoxy groups -OCH3 is 1. The van der Waals surface area contributed by atoms with Crippen molar-refractivity contribution in [3.63, 3.8) is 0 Å². The van der Waals surface area contributed by atoms with Crippen molar-refractivity contribution >= 4 is 23.4 Å². The van der Waals surface area contributed by atoms with Gasteiger partial charge in [0.15, 0.2) is 11.0 Å². The van der Waals surface area contributed by atoms with Gasteiger partial charge in [-0.1, -0.05) is 35.5 Å². The Morgan fingerprint density at radius 2 is 1.77 bits per heavy atom. The molecule has 0 aliphatic heterocycles. The van der Waals surface area contributed by atoms with Crippen LogP contribution in [-0.4, -0.2) is 28.1 Å². The summed E-state index contributed by atoms with van der Waals surface area (Å²) in [5.74, 6) is 1.53. The van der Waals surface area contributed by atoms with Crippen LogP contribution in [0.5, 0.6) is 5.75 Å². The molecule has 3 rings (SSSR count). The molecule has 0 unspecified atom stereocenters. The van der Waals surface area contributed by atoms with Crippen LogP contribution in [0.4, 0.5) is 0 Å². The highest BCUT2D eigenvalue weighted by molar-refractivity contribution is 7.98. The highest BCUT2D eigenvalue weighted by Gasteiger charge is 2.16. The minimum absolute atomic E-state index is 0.650. The maximum absolute atomic E-state index is 6.31. The number of hydrogen-bond donors (Lipinski definition) is 0. The van der Waals surface area contributed by atoms with Gasteiger partial charge in [0.1, 0.15) is 5.75 Å². The zero-order valence-electron chi connectivity index (χ0n) is 12.2. The smallest absolute Gasteiger partial charge is 0.195 e. The number of aromatic nitrogens is 3. The molecule has 3 aromatic rings. The molecule has 0 radical (unpaired) electrons. The molecular weight excluding hydrogens is 318 g/mol. The minimum Gasteiger partial charge on any atom is -0.497 e. The van der Waals surface area contributed by atoms with Crippen LogP contribution in [0.1, 0.15) is 0 Å². The molecular formula is C16H14ClN3OS. The summed E-state index contributed by atoms with van der Waals surface area (Å²) in [4.78, 5) is 0. The first-order valence-corrected chi connectivity index (χ1v) is 8.23. The molecule has 0 amide bonds. The molecule has 0 N–H and O–H groups in total. The standard InChI is InChI=1S/C16H14ClN3OS/c1-21-12-9-7-11(8-10-12)20-15(18-19-16(20)22-2)13-5-3-4-6-14(13)17/h3-10H,1-2H3. The molecule has 2 aromatic carbocycles. The van der Waals surface area contributed by atoms with Gasteiger partial charge in [0.2, 0.25) is 0 Å². The number of ether oxygens (including phenoxy) is 1. The molecule has 22 heavy (non-hydrogen) atoms. The minimum atomic E-state index is 0.650. The van der Waals surface area contributed by atoms with E-state index < -0.39 is 0 Å². The molecule has 0 aliphatic carbocycles. The summed E-state index contributed by atoms with van der Waals surface area (Å²) < 4.78 is 7.20. The van der Waals surface area contributed by atoms with Gasteiger partial charge in [-0.05, 0) is 42.7 Å². The highest BCUT2D eigenvalue weighted by Crippen LogP contribution is 2.31. The Bertz CT molecular complexity index is 786. The fraction of sp³-hybridized carbons (Fsp3) is 0.125. The summed E-state index contributed by atoms with van der Waals surface area (Å²) >= 11 is 7.85. The van der Waals surface area contributed by atoms with E-state index in [4.69, 9.17) is 16.3 Å². The Labute approximate surface area is 138 Å². The van der Waals surface area contributed by atoms with E-state index in [0.29, 0.717) is 5.02 Å². The third-order valence-electron chi connectivity index (χ3n) is 3.26. The largest absolute Gasteiger partial charge is 0.497 e. The van der Waals surface area contributed by atoms with Crippen molar-refractivity contribution in [2.24, 2.45) is 0 Å². The molecule has 1 heterocycles. The average Bonchev–Trinajstić information content (AvgIpc) is 2.99. The van der Waals surface area contributed by atoms with Crippen LogP contribution >= 0.6 is 23.4 Å². The van der Waals surface area contributed by atoms with E-state index in [-0.39, 0.29) is 0 Å². The molecule has 0 spiro atoms. The van der Waals surface area contributed by atoms with Crippen LogP contribution in [0.25, 0.3) is 17.1 Å². The molecule has 0 bridgehead atoms. The Kier molecular flexibility index (Phi) is 4.36. The van der Waals surface area contributed by atoms with Gasteiger partial charge in [-0.25, -0.2) is 0 Å². The Morgan fingerprint density at radius 3 is 2.41 bits per heavy atom. The second-order valence-electron chi connectivity index (χ2n) is 4.52. The van der Waals surface area contributed by atoms with Gasteiger partial charge in [0, 0.05) is 11.3 Å². The second kappa shape index (κ2) is 6.42. The van der Waals surface area contributed by atoms with Crippen molar-refractivity contribution in [3.05, 3.63) is 53.6 Å². The first kappa shape index (κ1) is 14.9. The van der Waals surface area contributed by atoms with E-state index in [1.54, 1.807) is 7.11 Å². The lowest BCUT2D eigenvalue weighted by molar-refractivity contribution is 0.414. The number of hydrogen-bond acceptors (Lipinski definition) is 4. The Balaban J connectivity index is 2.17. The van der Waals surface area contributed by atoms with Gasteiger partial charge in [0.05, 0.1) is 12.1 Å². The topological polar surface area (TPSA) is 39.9 Å². The molecule has 0 aliphatic rings. The van der Waals surface area contributed by atoms with E-state index in [2.05, 4.69) is 10.2 Å². The van der Waals surface area contributed by atoms with Crippen molar-refractivity contribution in [1.82, 2.24) is 14.8 Å². The Hall–Kier alpha value is -1.98. The van der Waals surface area contributed by atoms with Crippen molar-refractivity contribution in [3.8, 4) is 22.8 Å². The molecule has 0 saturated carbocycles. The van der Waals surface area contributed by atoms with Gasteiger partial charge in [-0.3, -0.25) is 4.57 Å². The lowest BCUT2D eigenvalue weighted by Gasteiger charge is -2.11. The van der Waals surface area contributed by atoms with Crippen LogP contribution in [0.2, 0.25) is 5.02 Å². The zero-order valence-corrected chi connectivity index (χ0v) is 13.7. The van der Waals surface area contributed by atoms with E-state index in [0.717, 1.165) is 28.0 Å². The van der Waals surface area contributed by atoms with Gasteiger partial charge in [0.25, 0.3) is 0 Å². The highest BCUT2D eigenvalue weighted by atomic mass is 35.5. The quantitative estimate of drug-likeness (QED) is 0.668. The number of halogens is 1. The van der Waals surface area contributed by atoms with Crippen molar-refractivity contribution in [1.29, 1.82) is 0 Å². The van der Waals surface area contributed by atoms with E-state index in [1.165, 1.54) is 11.8 Å². The van der Waals surface area contributed by atoms with E-state index in [9.17, 15) is 0 Å². The molecule has 4 nitrogen and oxygen atoms in total. The molecule has 0 saturated heterocycles. The third-order valence-corrected chi connectivity index (χ3v) is 4.22. The maximum atomic E-state index is 6.31. The van der Waals surface area contributed by atoms with Gasteiger partial charge >= 0.3 is 0 Å². The number of benzene rings is 2. The van der Waals surface area contributed by atoms with Crippen LogP contribution in [0.15, 0.2) is 53.7 Å². The first-order chi connectivity index (χ1) is 10.7. The lowest BCUT2D eigenvalue weighted by Crippen LogP contribution is -1.99. The van der Waals surface area contributed by atoms with E-state index >= 15 is 0 Å². The van der Waals surface area contributed by atoms with Crippen LogP contribution < -0.4 is 4.74 Å². The van der Waals surface area contributed by atoms with Crippen LogP contribution in [0.3, 0.4) is 0 Å². The van der Waals surface area contributed by atoms with Crippen molar-refractivity contribution < 1.29 is 4.74 Å². The molecule has 0 atom stereocenters. The summed E-state index contributed by atoms with van der Waals surface area (Å²) in [6.07, 6.45) is 1.97. The monoisotopic (exact) mass is 331 g/mol. The second-order valence-corrected chi connectivity index (χ2v) is 5.70. The fourth-order valence-electron chi connectivity index (χ4n) is 2.18. The first-order valence-electron chi connectivity index (χ1n) is 6.63. The summed E-state index contributed by atoms with van der Waals surface area (Å²) in [6, 6.07) is 15.4. The number of nitrogens with zero attached hydrogens (tertiary/aromatic N) is 3. The molecule has 112 valence electrons. The van der Waals surface area contributed by atoms with Crippen molar-refractivity contribution in [2.45, 2.75) is 5.16 Å². The Morgan fingerprint density at radius 1 is 1.05 bits per heavy atom.